The molecule has 20 nitrogen and oxygen atoms in total. The number of carbonyl (C=O) groups is 9. The molecule has 0 bridgehead atoms. The number of methoxy groups -OCH3 is 2. The van der Waals surface area contributed by atoms with Crippen LogP contribution < -0.4 is 28.3 Å². The van der Waals surface area contributed by atoms with Gasteiger partial charge in [-0.15, -0.1) is 45.6 Å². The van der Waals surface area contributed by atoms with Crippen LogP contribution in [0.1, 0.15) is 211 Å². The number of rotatable bonds is 18. The van der Waals surface area contributed by atoms with Crippen LogP contribution in [-0.4, -0.2) is 97.4 Å². The number of nitrogens with one attached hydrogen (secondary N) is 1. The van der Waals surface area contributed by atoms with Crippen LogP contribution in [0.4, 0.5) is 22.7 Å². The van der Waals surface area contributed by atoms with E-state index in [1.165, 1.54) is 62.1 Å². The molecule has 10 N–H and O–H groups in total. The molecule has 0 atom stereocenters. The number of aryl methyl sites for hydroxylation is 3. The number of carbonyl (C=O) groups excluding carboxylic acids is 8. The number of para-hydroxylation sites is 4. The molecule has 3 heterocycles. The van der Waals surface area contributed by atoms with Crippen LogP contribution in [0.5, 0.6) is 0 Å². The van der Waals surface area contributed by atoms with Gasteiger partial charge >= 0.3 is 17.9 Å². The van der Waals surface area contributed by atoms with Crippen molar-refractivity contribution in [3.63, 3.8) is 0 Å². The summed E-state index contributed by atoms with van der Waals surface area (Å²) in [5.41, 5.74) is 33.2. The highest BCUT2D eigenvalue weighted by molar-refractivity contribution is 7.80. The quantitative estimate of drug-likeness (QED) is 0.0116. The van der Waals surface area contributed by atoms with Gasteiger partial charge in [-0.3, -0.25) is 28.8 Å². The summed E-state index contributed by atoms with van der Waals surface area (Å²) in [6.07, 6.45) is 8.03. The number of hydrogen-bond donors (Lipinski definition) is 6. The highest BCUT2D eigenvalue weighted by Gasteiger charge is 2.51. The topological polar surface area (TPSA) is 347 Å². The Morgan fingerprint density at radius 2 is 0.767 bits per heavy atom. The number of Topliss-reactive ketones (excluding diaryl/α,β-unsaturated/α-hetero) is 5. The van der Waals surface area contributed by atoms with Gasteiger partial charge in [-0.05, 0) is 181 Å². The summed E-state index contributed by atoms with van der Waals surface area (Å²) in [6.45, 7) is 12.9. The van der Waals surface area contributed by atoms with Crippen molar-refractivity contribution in [3.8, 4) is 0 Å². The van der Waals surface area contributed by atoms with Crippen molar-refractivity contribution in [2.75, 3.05) is 36.7 Å². The molecular formula is C78H81ClN8O12S4. The third-order valence-electron chi connectivity index (χ3n) is 18.1. The molecule has 25 heteroatoms. The number of nitrogens with zero attached hydrogens (tertiary/aromatic N) is 3. The van der Waals surface area contributed by atoms with Crippen LogP contribution >= 0.6 is 57.8 Å². The number of amides is 1. The number of carboxylic acids is 1. The number of alkyl halides is 1. The largest absolute Gasteiger partial charge is 0.478 e. The molecule has 4 saturated carbocycles. The molecule has 4 aliphatic rings. The number of esters is 2. The van der Waals surface area contributed by atoms with Gasteiger partial charge in [-0.25, -0.2) is 29.3 Å². The number of benzene rings is 6. The third kappa shape index (κ3) is 18.6. The lowest BCUT2D eigenvalue weighted by molar-refractivity contribution is -0.124. The number of aromatic nitrogens is 3. The number of thiazole rings is 3. The molecular weight excluding hydrogens is 1400 g/mol. The molecule has 13 rings (SSSR count). The fourth-order valence-electron chi connectivity index (χ4n) is 11.4. The van der Waals surface area contributed by atoms with E-state index in [9.17, 15) is 43.2 Å². The summed E-state index contributed by atoms with van der Waals surface area (Å²) in [7, 11) is 2.74. The Kier molecular flexibility index (Phi) is 25.6. The molecule has 4 fully saturated rings. The zero-order valence-corrected chi connectivity index (χ0v) is 62.7. The fraction of sp³-hybridized carbons (Fsp3) is 0.295. The number of anilines is 4. The summed E-state index contributed by atoms with van der Waals surface area (Å²) < 4.78 is 9.36. The molecule has 0 radical (unpaired) electrons. The minimum absolute atomic E-state index is 0.0493. The van der Waals surface area contributed by atoms with E-state index in [0.717, 1.165) is 120 Å². The van der Waals surface area contributed by atoms with E-state index in [4.69, 9.17) is 56.6 Å². The molecule has 0 unspecified atom stereocenters. The monoisotopic (exact) mass is 1480 g/mol. The van der Waals surface area contributed by atoms with Gasteiger partial charge in [0.05, 0.1) is 90.4 Å². The predicted molar refractivity (Wildman–Crippen MR) is 409 cm³/mol. The molecule has 536 valence electrons. The van der Waals surface area contributed by atoms with Crippen molar-refractivity contribution in [1.82, 2.24) is 15.0 Å². The second-order valence-corrected chi connectivity index (χ2v) is 29.4. The number of halogens is 1. The highest BCUT2D eigenvalue weighted by atomic mass is 35.5. The van der Waals surface area contributed by atoms with Crippen molar-refractivity contribution in [2.45, 2.75) is 134 Å². The summed E-state index contributed by atoms with van der Waals surface area (Å²) in [5, 5.41) is 13.8. The van der Waals surface area contributed by atoms with Gasteiger partial charge in [-0.1, -0.05) is 85.0 Å². The lowest BCUT2D eigenvalue weighted by atomic mass is 9.95. The third-order valence-corrected chi connectivity index (χ3v) is 23.5. The zero-order chi connectivity index (χ0) is 75.5. The number of carboxylic acid groups (broad SMARTS) is 1. The fourth-order valence-corrected chi connectivity index (χ4v) is 15.4. The molecule has 4 aliphatic carbocycles. The molecule has 3 aromatic heterocycles. The first-order chi connectivity index (χ1) is 48.8. The summed E-state index contributed by atoms with van der Waals surface area (Å²) in [6, 6.07) is 43.8. The van der Waals surface area contributed by atoms with E-state index in [0.29, 0.717) is 44.4 Å². The Bertz CT molecular complexity index is 4650. The Balaban J connectivity index is 0.000000164. The average molecular weight is 1490 g/mol. The molecule has 1 amide bonds. The zero-order valence-electron chi connectivity index (χ0n) is 58.7. The summed E-state index contributed by atoms with van der Waals surface area (Å²) in [5.74, 6) is -2.19. The number of nitrogens with two attached hydrogens (primary N) is 4. The number of aromatic carboxylic acids is 1. The van der Waals surface area contributed by atoms with Crippen molar-refractivity contribution in [3.05, 3.63) is 237 Å². The van der Waals surface area contributed by atoms with Crippen molar-refractivity contribution >= 4 is 138 Å². The van der Waals surface area contributed by atoms with E-state index >= 15 is 0 Å². The highest BCUT2D eigenvalue weighted by Crippen LogP contribution is 2.57. The van der Waals surface area contributed by atoms with Crippen LogP contribution in [0, 0.1) is 20.8 Å². The lowest BCUT2D eigenvalue weighted by Gasteiger charge is -2.14. The maximum Gasteiger partial charge on any atom is 0.337 e. The van der Waals surface area contributed by atoms with E-state index < -0.39 is 11.3 Å². The Labute approximate surface area is 620 Å². The smallest absolute Gasteiger partial charge is 0.337 e. The Hall–Kier alpha value is -9.98. The van der Waals surface area contributed by atoms with Crippen molar-refractivity contribution < 1.29 is 57.7 Å². The minimum atomic E-state index is -0.935. The molecule has 0 aliphatic heterocycles. The van der Waals surface area contributed by atoms with Gasteiger partial charge in [0.2, 0.25) is 0 Å². The predicted octanol–water partition coefficient (Wildman–Crippen LogP) is 14.9. The minimum Gasteiger partial charge on any atom is -0.478 e. The van der Waals surface area contributed by atoms with Gasteiger partial charge in [0.25, 0.3) is 5.91 Å². The van der Waals surface area contributed by atoms with E-state index in [-0.39, 0.29) is 74.0 Å². The Morgan fingerprint density at radius 3 is 1.01 bits per heavy atom. The van der Waals surface area contributed by atoms with Crippen LogP contribution in [0.3, 0.4) is 0 Å². The SMILES string of the molecule is CC(=O)C(Cl)C(C)=O.CC(=O)c1sc(C2(c3ccc(C(=O)Nc4ccccc4N)cc3)CC2)nc1C.CC(=O)c1sc(C2(c3ccc(C(=O)O)cc3)CC2)nc1C.COC(=O)c1ccc(C2(C(N)=S)CC2)cc1.COC(=O)c1ccc(C2(c3nc(C)c(C(C)=O)s3)CC2)cc1.Nc1ccccc1N. The standard InChI is InChI=1S/C22H21N3O2S.C17H17NO3S.C16H15NO3S.C12H13NO2S.C6H8N2.C5H7ClO2/c1-13-19(14(2)26)28-21(24-13)22(11-12-22)16-9-7-15(8-10-16)20(27)25-18-6-4-3-5-17(18)23;1-10-14(11(2)19)22-16(18-10)17(8-9-17)13-6-4-12(5-7-13)15(20)21-3;1-9-13(10(2)18)21-15(17-9)16(7-8-16)12-5-3-11(4-6-12)14(19)20;1-15-10(14)8-2-4-9(5-3-8)12(6-7-12)11(13)16;7-5-3-1-2-4-6(5)8;1-3(7)5(6)4(2)8/h3-10H,11-12,23H2,1-2H3,(H,25,27);4-7H,8-9H2,1-3H3;3-6H,7-8H2,1-2H3,(H,19,20);2-5H,6-7H2,1H3,(H2,13,16);1-4H,7-8H2;5H,1-2H3. The van der Waals surface area contributed by atoms with Crippen LogP contribution in [-0.2, 0) is 40.7 Å². The second-order valence-electron chi connectivity index (χ2n) is 25.5. The molecule has 0 spiro atoms. The maximum atomic E-state index is 12.5. The number of ketones is 5. The van der Waals surface area contributed by atoms with E-state index in [2.05, 4.69) is 25.0 Å². The second kappa shape index (κ2) is 33.4. The van der Waals surface area contributed by atoms with E-state index in [1.54, 1.807) is 81.4 Å². The van der Waals surface area contributed by atoms with Crippen LogP contribution in [0.2, 0.25) is 0 Å². The van der Waals surface area contributed by atoms with Gasteiger partial charge in [0.1, 0.15) is 20.4 Å². The summed E-state index contributed by atoms with van der Waals surface area (Å²) in [4.78, 5) is 118. The first kappa shape index (κ1) is 78.7. The van der Waals surface area contributed by atoms with Crippen LogP contribution in [0.25, 0.3) is 0 Å². The number of hydrogen-bond acceptors (Lipinski definition) is 21. The molecule has 6 aromatic carbocycles. The first-order valence-electron chi connectivity index (χ1n) is 32.8. The first-order valence-corrected chi connectivity index (χ1v) is 36.1. The molecule has 0 saturated heterocycles. The van der Waals surface area contributed by atoms with Gasteiger partial charge in [0, 0.05) is 48.0 Å². The molecule has 103 heavy (non-hydrogen) atoms. The Morgan fingerprint density at radius 1 is 0.466 bits per heavy atom. The molecule has 9 aromatic rings. The number of nitrogen functional groups attached to an aromatic ring is 3. The van der Waals surface area contributed by atoms with Crippen molar-refractivity contribution in [1.29, 1.82) is 0 Å². The number of ether oxygens (including phenoxy) is 2. The summed E-state index contributed by atoms with van der Waals surface area (Å²) >= 11 is 14.8. The van der Waals surface area contributed by atoms with Gasteiger partial charge in [-0.2, -0.15) is 0 Å². The van der Waals surface area contributed by atoms with Gasteiger partial charge < -0.3 is 42.8 Å². The average Bonchev–Trinajstić information content (AvgIpc) is 1.60. The maximum absolute atomic E-state index is 12.5. The lowest BCUT2D eigenvalue weighted by Crippen LogP contribution is -2.26. The van der Waals surface area contributed by atoms with E-state index in [1.807, 2.05) is 106 Å². The van der Waals surface area contributed by atoms with Crippen molar-refractivity contribution in [2.24, 2.45) is 5.73 Å². The van der Waals surface area contributed by atoms with Gasteiger partial charge in [0.15, 0.2) is 28.9 Å². The normalized spacial score (nSPS) is 14.4. The number of thiocarbonyl (C=S) groups is 1. The van der Waals surface area contributed by atoms with Crippen LogP contribution in [0.15, 0.2) is 146 Å².